The highest BCUT2D eigenvalue weighted by molar-refractivity contribution is 6.00. The second kappa shape index (κ2) is 11.5. The van der Waals surface area contributed by atoms with Crippen molar-refractivity contribution < 1.29 is 9.84 Å². The molecule has 1 heterocycles. The van der Waals surface area contributed by atoms with E-state index >= 15 is 0 Å². The van der Waals surface area contributed by atoms with Crippen molar-refractivity contribution in [3.05, 3.63) is 88.9 Å². The zero-order valence-electron chi connectivity index (χ0n) is 19.1. The third kappa shape index (κ3) is 5.58. The molecule has 170 valence electrons. The van der Waals surface area contributed by atoms with Crippen molar-refractivity contribution in [2.45, 2.75) is 45.8 Å². The molecule has 0 bridgehead atoms. The number of aliphatic imine (C=N–C) groups is 1. The molecule has 0 spiro atoms. The van der Waals surface area contributed by atoms with Crippen molar-refractivity contribution in [3.8, 4) is 0 Å². The van der Waals surface area contributed by atoms with E-state index in [4.69, 9.17) is 10.5 Å². The number of hydrogen-bond donors (Lipinski definition) is 4. The maximum absolute atomic E-state index is 10.9. The van der Waals surface area contributed by atoms with Crippen LogP contribution in [0.5, 0.6) is 0 Å². The monoisotopic (exact) mass is 434 g/mol. The molecule has 0 amide bonds. The molecule has 2 aromatic carbocycles. The second-order valence-electron chi connectivity index (χ2n) is 7.76. The number of anilines is 1. The molecule has 5 N–H and O–H groups in total. The maximum Gasteiger partial charge on any atom is 0.179 e. The van der Waals surface area contributed by atoms with Crippen molar-refractivity contribution in [3.63, 3.8) is 0 Å². The van der Waals surface area contributed by atoms with E-state index in [1.807, 2.05) is 74.5 Å². The van der Waals surface area contributed by atoms with Crippen LogP contribution in [0.2, 0.25) is 0 Å². The van der Waals surface area contributed by atoms with E-state index in [1.54, 1.807) is 0 Å². The number of ether oxygens (including phenoxy) is 1. The molecule has 0 aromatic heterocycles. The minimum Gasteiger partial charge on any atom is -0.384 e. The van der Waals surface area contributed by atoms with Gasteiger partial charge in [-0.3, -0.25) is 4.99 Å². The Morgan fingerprint density at radius 1 is 1.12 bits per heavy atom. The third-order valence-electron chi connectivity index (χ3n) is 5.45. The first-order valence-electron chi connectivity index (χ1n) is 11.3. The topological polar surface area (TPSA) is 91.9 Å². The maximum atomic E-state index is 10.9. The summed E-state index contributed by atoms with van der Waals surface area (Å²) in [7, 11) is 0. The number of para-hydroxylation sites is 1. The predicted molar refractivity (Wildman–Crippen MR) is 131 cm³/mol. The van der Waals surface area contributed by atoms with Crippen LogP contribution in [0.25, 0.3) is 0 Å². The smallest absolute Gasteiger partial charge is 0.179 e. The van der Waals surface area contributed by atoms with Gasteiger partial charge >= 0.3 is 0 Å². The van der Waals surface area contributed by atoms with Gasteiger partial charge in [0, 0.05) is 41.6 Å². The first-order chi connectivity index (χ1) is 15.6. The number of aliphatic hydroxyl groups is 1. The van der Waals surface area contributed by atoms with Gasteiger partial charge in [-0.2, -0.15) is 0 Å². The van der Waals surface area contributed by atoms with Gasteiger partial charge in [-0.05, 0) is 38.0 Å². The van der Waals surface area contributed by atoms with Gasteiger partial charge in [0.15, 0.2) is 6.29 Å². The number of nitrogens with two attached hydrogens (primary N) is 1. The quantitative estimate of drug-likeness (QED) is 0.191. The lowest BCUT2D eigenvalue weighted by molar-refractivity contribution is -0.0705. The van der Waals surface area contributed by atoms with Crippen LogP contribution in [0.15, 0.2) is 88.3 Å². The number of allylic oxidation sites excluding steroid dienone is 1. The second-order valence-corrected chi connectivity index (χ2v) is 7.76. The molecule has 6 nitrogen and oxygen atoms in total. The fourth-order valence-electron chi connectivity index (χ4n) is 3.89. The van der Waals surface area contributed by atoms with E-state index in [2.05, 4.69) is 22.5 Å². The molecular weight excluding hydrogens is 400 g/mol. The van der Waals surface area contributed by atoms with Gasteiger partial charge in [0.05, 0.1) is 0 Å². The Balaban J connectivity index is 2.17. The Morgan fingerprint density at radius 3 is 2.41 bits per heavy atom. The van der Waals surface area contributed by atoms with Crippen LogP contribution in [0, 0.1) is 0 Å². The highest BCUT2D eigenvalue weighted by atomic mass is 16.6. The standard InChI is InChI=1S/C26H34N4O2/c1-4-6-17-28-24(27)23-22(19-13-9-7-10-14-19)21(26(31)32-5-2)18(3)29-25(23)30-20-15-11-8-12-16-20/h7-16,22,26,29-31H,4-6,17H2,1-3H3,(H2,27,28). The number of benzene rings is 2. The summed E-state index contributed by atoms with van der Waals surface area (Å²) in [5.41, 5.74) is 10.9. The summed E-state index contributed by atoms with van der Waals surface area (Å²) in [6.45, 7) is 6.99. The number of nitrogens with one attached hydrogen (secondary N) is 2. The Hall–Kier alpha value is -3.09. The SMILES string of the molecule is CCCCN=C(N)C1=C(Nc2ccccc2)NC(C)=C(C(O)OCC)C1c1ccccc1. The predicted octanol–water partition coefficient (Wildman–Crippen LogP) is 4.48. The summed E-state index contributed by atoms with van der Waals surface area (Å²) in [6, 6.07) is 20.0. The number of aliphatic hydroxyl groups excluding tert-OH is 1. The Labute approximate surface area is 190 Å². The summed E-state index contributed by atoms with van der Waals surface area (Å²) in [5, 5.41) is 17.8. The highest BCUT2D eigenvalue weighted by Crippen LogP contribution is 2.40. The number of unbranched alkanes of at least 4 members (excludes halogenated alkanes) is 1. The Morgan fingerprint density at radius 2 is 1.78 bits per heavy atom. The van der Waals surface area contributed by atoms with Crippen LogP contribution in [0.4, 0.5) is 5.69 Å². The highest BCUT2D eigenvalue weighted by Gasteiger charge is 2.36. The Kier molecular flexibility index (Phi) is 8.48. The summed E-state index contributed by atoms with van der Waals surface area (Å²) in [6.07, 6.45) is 0.940. The van der Waals surface area contributed by atoms with Crippen LogP contribution >= 0.6 is 0 Å². The van der Waals surface area contributed by atoms with Crippen molar-refractivity contribution in [2.24, 2.45) is 10.7 Å². The van der Waals surface area contributed by atoms with Gasteiger partial charge in [-0.25, -0.2) is 0 Å². The molecule has 0 fully saturated rings. The van der Waals surface area contributed by atoms with Crippen molar-refractivity contribution in [2.75, 3.05) is 18.5 Å². The van der Waals surface area contributed by atoms with Crippen LogP contribution in [0.1, 0.15) is 45.1 Å². The molecular formula is C26H34N4O2. The zero-order chi connectivity index (χ0) is 22.9. The van der Waals surface area contributed by atoms with Crippen molar-refractivity contribution in [1.29, 1.82) is 0 Å². The van der Waals surface area contributed by atoms with E-state index in [-0.39, 0.29) is 5.92 Å². The lowest BCUT2D eigenvalue weighted by Crippen LogP contribution is -2.38. The first kappa shape index (κ1) is 23.6. The minimum absolute atomic E-state index is 0.310. The number of dihydropyridines is 1. The van der Waals surface area contributed by atoms with Crippen molar-refractivity contribution >= 4 is 11.5 Å². The lowest BCUT2D eigenvalue weighted by atomic mass is 9.80. The lowest BCUT2D eigenvalue weighted by Gasteiger charge is -2.35. The molecule has 2 atom stereocenters. The number of hydrogen-bond acceptors (Lipinski definition) is 5. The van der Waals surface area contributed by atoms with Crippen LogP contribution in [-0.2, 0) is 4.74 Å². The van der Waals surface area contributed by atoms with Crippen molar-refractivity contribution in [1.82, 2.24) is 5.32 Å². The molecule has 6 heteroatoms. The summed E-state index contributed by atoms with van der Waals surface area (Å²) >= 11 is 0. The Bertz CT molecular complexity index is 968. The van der Waals surface area contributed by atoms with Crippen LogP contribution < -0.4 is 16.4 Å². The fourth-order valence-corrected chi connectivity index (χ4v) is 3.89. The van der Waals surface area contributed by atoms with Gasteiger partial charge in [0.1, 0.15) is 11.7 Å². The molecule has 1 aliphatic heterocycles. The summed E-state index contributed by atoms with van der Waals surface area (Å²) in [5.74, 6) is 0.898. The van der Waals surface area contributed by atoms with E-state index < -0.39 is 6.29 Å². The summed E-state index contributed by atoms with van der Waals surface area (Å²) < 4.78 is 5.62. The fraction of sp³-hybridized carbons (Fsp3) is 0.346. The van der Waals surface area contributed by atoms with Gasteiger partial charge in [0.25, 0.3) is 0 Å². The first-order valence-corrected chi connectivity index (χ1v) is 11.3. The summed E-state index contributed by atoms with van der Waals surface area (Å²) in [4.78, 5) is 4.68. The third-order valence-corrected chi connectivity index (χ3v) is 5.45. The molecule has 32 heavy (non-hydrogen) atoms. The van der Waals surface area contributed by atoms with Gasteiger partial charge < -0.3 is 26.2 Å². The minimum atomic E-state index is -1.06. The number of amidine groups is 1. The van der Waals surface area contributed by atoms with Crippen LogP contribution in [0.3, 0.4) is 0 Å². The van der Waals surface area contributed by atoms with E-state index in [0.717, 1.165) is 46.8 Å². The van der Waals surface area contributed by atoms with E-state index in [9.17, 15) is 5.11 Å². The van der Waals surface area contributed by atoms with E-state index in [1.165, 1.54) is 0 Å². The molecule has 0 radical (unpaired) electrons. The van der Waals surface area contributed by atoms with E-state index in [0.29, 0.717) is 19.0 Å². The molecule has 3 rings (SSSR count). The van der Waals surface area contributed by atoms with Gasteiger partial charge in [-0.1, -0.05) is 61.9 Å². The zero-order valence-corrected chi connectivity index (χ0v) is 19.1. The molecule has 0 saturated carbocycles. The number of rotatable bonds is 10. The van der Waals surface area contributed by atoms with Gasteiger partial charge in [-0.15, -0.1) is 0 Å². The number of nitrogens with zero attached hydrogens (tertiary/aromatic N) is 1. The average molecular weight is 435 g/mol. The average Bonchev–Trinajstić information content (AvgIpc) is 2.80. The largest absolute Gasteiger partial charge is 0.384 e. The normalized spacial score (nSPS) is 17.9. The molecule has 1 aliphatic rings. The van der Waals surface area contributed by atoms with Crippen LogP contribution in [-0.4, -0.2) is 30.4 Å². The molecule has 0 aliphatic carbocycles. The van der Waals surface area contributed by atoms with Gasteiger partial charge in [0.2, 0.25) is 0 Å². The molecule has 2 aromatic rings. The molecule has 0 saturated heterocycles. The molecule has 2 unspecified atom stereocenters.